The standard InChI is InChI=1S/C9H9N3OS/c1-12-7(5-2-3-5)11-8-6(9(12)13)10-4-14-8/h4-5H,2-3H2,1H3. The number of aromatic nitrogens is 3. The van der Waals surface area contributed by atoms with Crippen LogP contribution in [0, 0.1) is 0 Å². The van der Waals surface area contributed by atoms with Crippen molar-refractivity contribution >= 4 is 21.7 Å². The van der Waals surface area contributed by atoms with Gasteiger partial charge in [-0.3, -0.25) is 9.36 Å². The SMILES string of the molecule is Cn1c(C2CC2)nc2scnc2c1=O. The molecule has 2 aromatic heterocycles. The fourth-order valence-electron chi connectivity index (χ4n) is 1.61. The molecule has 0 spiro atoms. The molecule has 1 fully saturated rings. The number of rotatable bonds is 1. The Kier molecular flexibility index (Phi) is 1.53. The van der Waals surface area contributed by atoms with Crippen LogP contribution in [0.3, 0.4) is 0 Å². The molecule has 2 heterocycles. The Morgan fingerprint density at radius 1 is 1.57 bits per heavy atom. The highest BCUT2D eigenvalue weighted by Crippen LogP contribution is 2.38. The van der Waals surface area contributed by atoms with E-state index < -0.39 is 0 Å². The van der Waals surface area contributed by atoms with E-state index in [0.29, 0.717) is 11.4 Å². The molecule has 4 nitrogen and oxygen atoms in total. The first-order valence-corrected chi connectivity index (χ1v) is 5.45. The van der Waals surface area contributed by atoms with Crippen molar-refractivity contribution in [3.8, 4) is 0 Å². The van der Waals surface area contributed by atoms with Crippen molar-refractivity contribution in [1.82, 2.24) is 14.5 Å². The molecule has 0 aliphatic heterocycles. The van der Waals surface area contributed by atoms with Crippen molar-refractivity contribution in [2.24, 2.45) is 7.05 Å². The first-order chi connectivity index (χ1) is 6.77. The third kappa shape index (κ3) is 1.02. The van der Waals surface area contributed by atoms with Gasteiger partial charge in [0, 0.05) is 13.0 Å². The van der Waals surface area contributed by atoms with Crippen LogP contribution < -0.4 is 5.56 Å². The lowest BCUT2D eigenvalue weighted by Gasteiger charge is -2.04. The van der Waals surface area contributed by atoms with Gasteiger partial charge in [0.05, 0.1) is 5.51 Å². The topological polar surface area (TPSA) is 47.8 Å². The second kappa shape index (κ2) is 2.63. The molecule has 1 saturated carbocycles. The summed E-state index contributed by atoms with van der Waals surface area (Å²) in [6, 6.07) is 0. The van der Waals surface area contributed by atoms with Gasteiger partial charge in [-0.1, -0.05) is 0 Å². The van der Waals surface area contributed by atoms with E-state index in [1.165, 1.54) is 11.3 Å². The second-order valence-electron chi connectivity index (χ2n) is 3.61. The summed E-state index contributed by atoms with van der Waals surface area (Å²) < 4.78 is 1.64. The molecule has 0 unspecified atom stereocenters. The van der Waals surface area contributed by atoms with E-state index in [-0.39, 0.29) is 5.56 Å². The first-order valence-electron chi connectivity index (χ1n) is 4.57. The van der Waals surface area contributed by atoms with Gasteiger partial charge in [-0.15, -0.1) is 11.3 Å². The number of hydrogen-bond donors (Lipinski definition) is 0. The molecule has 0 radical (unpaired) electrons. The van der Waals surface area contributed by atoms with Gasteiger partial charge in [0.15, 0.2) is 10.3 Å². The monoisotopic (exact) mass is 207 g/mol. The van der Waals surface area contributed by atoms with Crippen LogP contribution in [-0.4, -0.2) is 14.5 Å². The zero-order valence-corrected chi connectivity index (χ0v) is 8.54. The summed E-state index contributed by atoms with van der Waals surface area (Å²) in [5, 5.41) is 0. The maximum Gasteiger partial charge on any atom is 0.280 e. The second-order valence-corrected chi connectivity index (χ2v) is 4.45. The Morgan fingerprint density at radius 2 is 2.36 bits per heavy atom. The van der Waals surface area contributed by atoms with E-state index in [9.17, 15) is 4.79 Å². The van der Waals surface area contributed by atoms with Crippen molar-refractivity contribution in [3.05, 3.63) is 21.7 Å². The molecule has 14 heavy (non-hydrogen) atoms. The summed E-state index contributed by atoms with van der Waals surface area (Å²) in [6.45, 7) is 0. The third-order valence-corrected chi connectivity index (χ3v) is 3.28. The molecule has 1 aliphatic rings. The summed E-state index contributed by atoms with van der Waals surface area (Å²) in [5.74, 6) is 1.42. The minimum absolute atomic E-state index is 0.0156. The largest absolute Gasteiger partial charge is 0.298 e. The summed E-state index contributed by atoms with van der Waals surface area (Å²) in [5.41, 5.74) is 2.16. The highest BCUT2D eigenvalue weighted by atomic mass is 32.1. The summed E-state index contributed by atoms with van der Waals surface area (Å²) in [4.78, 5) is 21.1. The fourth-order valence-corrected chi connectivity index (χ4v) is 2.27. The molecule has 0 N–H and O–H groups in total. The molecule has 0 atom stereocenters. The van der Waals surface area contributed by atoms with Crippen molar-refractivity contribution in [2.75, 3.05) is 0 Å². The van der Waals surface area contributed by atoms with Crippen LogP contribution in [0.2, 0.25) is 0 Å². The Bertz CT molecular complexity index is 553. The van der Waals surface area contributed by atoms with Gasteiger partial charge in [-0.05, 0) is 12.8 Å². The van der Waals surface area contributed by atoms with Crippen molar-refractivity contribution in [1.29, 1.82) is 0 Å². The molecular weight excluding hydrogens is 198 g/mol. The smallest absolute Gasteiger partial charge is 0.280 e. The van der Waals surface area contributed by atoms with Crippen LogP contribution in [0.15, 0.2) is 10.3 Å². The lowest BCUT2D eigenvalue weighted by molar-refractivity contribution is 0.745. The number of hydrogen-bond acceptors (Lipinski definition) is 4. The normalized spacial score (nSPS) is 16.4. The van der Waals surface area contributed by atoms with Crippen molar-refractivity contribution < 1.29 is 0 Å². The maximum atomic E-state index is 11.8. The van der Waals surface area contributed by atoms with Crippen LogP contribution in [-0.2, 0) is 7.05 Å². The molecule has 0 amide bonds. The van der Waals surface area contributed by atoms with Gasteiger partial charge in [0.25, 0.3) is 5.56 Å². The Morgan fingerprint density at radius 3 is 3.07 bits per heavy atom. The Balaban J connectivity index is 2.40. The maximum absolute atomic E-state index is 11.8. The van der Waals surface area contributed by atoms with Gasteiger partial charge in [-0.25, -0.2) is 9.97 Å². The molecular formula is C9H9N3OS. The van der Waals surface area contributed by atoms with E-state index in [0.717, 1.165) is 23.5 Å². The molecule has 0 saturated heterocycles. The predicted octanol–water partition coefficient (Wildman–Crippen LogP) is 1.27. The highest BCUT2D eigenvalue weighted by molar-refractivity contribution is 7.16. The van der Waals surface area contributed by atoms with Crippen LogP contribution in [0.5, 0.6) is 0 Å². The summed E-state index contributed by atoms with van der Waals surface area (Å²) in [7, 11) is 1.78. The van der Waals surface area contributed by atoms with Crippen molar-refractivity contribution in [3.63, 3.8) is 0 Å². The zero-order chi connectivity index (χ0) is 9.71. The minimum atomic E-state index is -0.0156. The molecule has 72 valence electrons. The van der Waals surface area contributed by atoms with E-state index >= 15 is 0 Å². The lowest BCUT2D eigenvalue weighted by atomic mass is 10.3. The lowest BCUT2D eigenvalue weighted by Crippen LogP contribution is -2.21. The number of thiazole rings is 1. The molecule has 0 aromatic carbocycles. The van der Waals surface area contributed by atoms with Gasteiger partial charge < -0.3 is 0 Å². The molecule has 5 heteroatoms. The van der Waals surface area contributed by atoms with Gasteiger partial charge in [0.1, 0.15) is 5.82 Å². The molecule has 1 aliphatic carbocycles. The van der Waals surface area contributed by atoms with Gasteiger partial charge in [-0.2, -0.15) is 0 Å². The summed E-state index contributed by atoms with van der Waals surface area (Å²) >= 11 is 1.43. The third-order valence-electron chi connectivity index (χ3n) is 2.56. The van der Waals surface area contributed by atoms with E-state index in [4.69, 9.17) is 0 Å². The average Bonchev–Trinajstić information content (AvgIpc) is 2.91. The number of fused-ring (bicyclic) bond motifs is 1. The highest BCUT2D eigenvalue weighted by Gasteiger charge is 2.28. The van der Waals surface area contributed by atoms with Crippen LogP contribution in [0.1, 0.15) is 24.6 Å². The van der Waals surface area contributed by atoms with Gasteiger partial charge in [0.2, 0.25) is 0 Å². The average molecular weight is 207 g/mol. The first kappa shape index (κ1) is 8.11. The number of nitrogens with zero attached hydrogens (tertiary/aromatic N) is 3. The molecule has 2 aromatic rings. The van der Waals surface area contributed by atoms with Crippen LogP contribution in [0.25, 0.3) is 10.3 Å². The van der Waals surface area contributed by atoms with E-state index in [2.05, 4.69) is 9.97 Å². The fraction of sp³-hybridized carbons (Fsp3) is 0.444. The predicted molar refractivity (Wildman–Crippen MR) is 54.6 cm³/mol. The van der Waals surface area contributed by atoms with Crippen molar-refractivity contribution in [2.45, 2.75) is 18.8 Å². The molecule has 0 bridgehead atoms. The quantitative estimate of drug-likeness (QED) is 0.707. The summed E-state index contributed by atoms with van der Waals surface area (Å²) in [6.07, 6.45) is 2.31. The van der Waals surface area contributed by atoms with Crippen LogP contribution in [0.4, 0.5) is 0 Å². The molecule has 3 rings (SSSR count). The van der Waals surface area contributed by atoms with E-state index in [1.54, 1.807) is 17.1 Å². The Hall–Kier alpha value is -1.23. The van der Waals surface area contributed by atoms with Gasteiger partial charge >= 0.3 is 0 Å². The van der Waals surface area contributed by atoms with Crippen LogP contribution >= 0.6 is 11.3 Å². The van der Waals surface area contributed by atoms with E-state index in [1.807, 2.05) is 0 Å². The minimum Gasteiger partial charge on any atom is -0.298 e. The zero-order valence-electron chi connectivity index (χ0n) is 7.73. The Labute approximate surface area is 84.2 Å².